The summed E-state index contributed by atoms with van der Waals surface area (Å²) in [5, 5.41) is 3.37. The largest absolute Gasteiger partial charge is 0.337 e. The molecule has 0 radical (unpaired) electrons. The van der Waals surface area contributed by atoms with E-state index in [1.54, 1.807) is 0 Å². The Bertz CT molecular complexity index is 1120. The predicted octanol–water partition coefficient (Wildman–Crippen LogP) is 5.84. The third-order valence-electron chi connectivity index (χ3n) is 3.83. The molecular formula is C20H14Br2N4. The van der Waals surface area contributed by atoms with Crippen LogP contribution in [0.2, 0.25) is 0 Å². The van der Waals surface area contributed by atoms with Crippen LogP contribution in [-0.4, -0.2) is 9.38 Å². The van der Waals surface area contributed by atoms with Gasteiger partial charge in [0.15, 0.2) is 11.3 Å². The highest BCUT2D eigenvalue weighted by Crippen LogP contribution is 2.19. The summed E-state index contributed by atoms with van der Waals surface area (Å²) in [5.41, 5.74) is 3.53. The Morgan fingerprint density at radius 3 is 2.27 bits per heavy atom. The highest BCUT2D eigenvalue weighted by atomic mass is 79.9. The molecule has 0 bridgehead atoms. The lowest BCUT2D eigenvalue weighted by Gasteiger charge is -2.10. The highest BCUT2D eigenvalue weighted by Gasteiger charge is 2.05. The van der Waals surface area contributed by atoms with E-state index in [0.29, 0.717) is 5.82 Å². The van der Waals surface area contributed by atoms with Crippen LogP contribution in [0.3, 0.4) is 0 Å². The zero-order chi connectivity index (χ0) is 17.9. The van der Waals surface area contributed by atoms with Crippen LogP contribution >= 0.6 is 31.9 Å². The molecule has 0 atom stereocenters. The average Bonchev–Trinajstić information content (AvgIpc) is 2.67. The number of rotatable bonds is 3. The topological polar surface area (TPSA) is 41.7 Å². The quantitative estimate of drug-likeness (QED) is 0.409. The molecule has 4 rings (SSSR count). The maximum atomic E-state index is 4.83. The monoisotopic (exact) mass is 468 g/mol. The summed E-state index contributed by atoms with van der Waals surface area (Å²) in [7, 11) is 0. The highest BCUT2D eigenvalue weighted by molar-refractivity contribution is 9.10. The first-order valence-corrected chi connectivity index (χ1v) is 9.57. The molecule has 0 spiro atoms. The van der Waals surface area contributed by atoms with Crippen molar-refractivity contribution in [2.24, 2.45) is 4.99 Å². The van der Waals surface area contributed by atoms with Gasteiger partial charge in [-0.2, -0.15) is 0 Å². The first kappa shape index (κ1) is 17.0. The molecule has 0 saturated carbocycles. The maximum absolute atomic E-state index is 4.83. The van der Waals surface area contributed by atoms with E-state index in [1.807, 2.05) is 83.5 Å². The minimum atomic E-state index is 0.693. The first-order chi connectivity index (χ1) is 12.7. The number of hydrogen-bond acceptors (Lipinski definition) is 3. The van der Waals surface area contributed by atoms with E-state index in [9.17, 15) is 0 Å². The van der Waals surface area contributed by atoms with Crippen LogP contribution in [-0.2, 0) is 0 Å². The summed E-state index contributed by atoms with van der Waals surface area (Å²) in [6, 6.07) is 21.8. The minimum Gasteiger partial charge on any atom is -0.337 e. The van der Waals surface area contributed by atoms with Gasteiger partial charge in [0, 0.05) is 20.8 Å². The molecule has 26 heavy (non-hydrogen) atoms. The lowest BCUT2D eigenvalue weighted by Crippen LogP contribution is -2.20. The predicted molar refractivity (Wildman–Crippen MR) is 112 cm³/mol. The van der Waals surface area contributed by atoms with E-state index in [0.717, 1.165) is 31.3 Å². The molecule has 128 valence electrons. The number of fused-ring (bicyclic) bond motifs is 1. The molecule has 4 aromatic rings. The Labute approximate surface area is 167 Å². The fourth-order valence-corrected chi connectivity index (χ4v) is 3.09. The molecule has 0 aliphatic rings. The van der Waals surface area contributed by atoms with Gasteiger partial charge >= 0.3 is 0 Å². The van der Waals surface area contributed by atoms with Crippen LogP contribution in [0.5, 0.6) is 0 Å². The Kier molecular flexibility index (Phi) is 4.86. The average molecular weight is 470 g/mol. The Balaban J connectivity index is 1.89. The first-order valence-electron chi connectivity index (χ1n) is 7.98. The molecule has 0 unspecified atom stereocenters. The van der Waals surface area contributed by atoms with Gasteiger partial charge < -0.3 is 5.32 Å². The SMILES string of the molecule is Brc1ccc(N=c2c(Nc3ccc(Br)cc3)ncc3ccccn23)cc1. The van der Waals surface area contributed by atoms with Crippen molar-refractivity contribution in [3.8, 4) is 0 Å². The zero-order valence-corrected chi connectivity index (χ0v) is 16.8. The van der Waals surface area contributed by atoms with Crippen molar-refractivity contribution in [3.63, 3.8) is 0 Å². The fraction of sp³-hybridized carbons (Fsp3) is 0. The zero-order valence-electron chi connectivity index (χ0n) is 13.6. The molecule has 6 heteroatoms. The summed E-state index contributed by atoms with van der Waals surface area (Å²) in [6.45, 7) is 0. The fourth-order valence-electron chi connectivity index (χ4n) is 2.56. The Morgan fingerprint density at radius 2 is 1.54 bits per heavy atom. The van der Waals surface area contributed by atoms with E-state index in [1.165, 1.54) is 0 Å². The van der Waals surface area contributed by atoms with Gasteiger partial charge in [-0.25, -0.2) is 9.98 Å². The Hall–Kier alpha value is -2.44. The van der Waals surface area contributed by atoms with Gasteiger partial charge in [0.05, 0.1) is 17.4 Å². The molecule has 2 aromatic heterocycles. The molecule has 0 amide bonds. The third-order valence-corrected chi connectivity index (χ3v) is 4.88. The van der Waals surface area contributed by atoms with Crippen molar-refractivity contribution in [2.75, 3.05) is 5.32 Å². The number of pyridine rings is 1. The lowest BCUT2D eigenvalue weighted by molar-refractivity contribution is 1.01. The van der Waals surface area contributed by atoms with E-state index in [2.05, 4.69) is 42.2 Å². The van der Waals surface area contributed by atoms with E-state index in [4.69, 9.17) is 4.99 Å². The van der Waals surface area contributed by atoms with Crippen LogP contribution in [0, 0.1) is 0 Å². The van der Waals surface area contributed by atoms with Crippen LogP contribution in [0.25, 0.3) is 5.52 Å². The van der Waals surface area contributed by atoms with E-state index >= 15 is 0 Å². The van der Waals surface area contributed by atoms with Crippen molar-refractivity contribution in [1.82, 2.24) is 9.38 Å². The van der Waals surface area contributed by atoms with Gasteiger partial charge in [-0.15, -0.1) is 0 Å². The number of anilines is 2. The molecule has 0 saturated heterocycles. The second-order valence-electron chi connectivity index (χ2n) is 5.65. The van der Waals surface area contributed by atoms with Crippen molar-refractivity contribution >= 4 is 54.6 Å². The van der Waals surface area contributed by atoms with Crippen molar-refractivity contribution in [2.45, 2.75) is 0 Å². The number of nitrogens with zero attached hydrogens (tertiary/aromatic N) is 3. The maximum Gasteiger partial charge on any atom is 0.181 e. The molecule has 1 N–H and O–H groups in total. The van der Waals surface area contributed by atoms with Crippen LogP contribution in [0.4, 0.5) is 17.2 Å². The van der Waals surface area contributed by atoms with E-state index in [-0.39, 0.29) is 0 Å². The molecular weight excluding hydrogens is 456 g/mol. The normalized spacial score (nSPS) is 11.7. The van der Waals surface area contributed by atoms with Gasteiger partial charge in [-0.3, -0.25) is 4.40 Å². The Morgan fingerprint density at radius 1 is 0.846 bits per heavy atom. The molecule has 0 aliphatic heterocycles. The van der Waals surface area contributed by atoms with Crippen molar-refractivity contribution in [1.29, 1.82) is 0 Å². The molecule has 2 aromatic carbocycles. The van der Waals surface area contributed by atoms with Crippen molar-refractivity contribution < 1.29 is 0 Å². The van der Waals surface area contributed by atoms with Crippen LogP contribution < -0.4 is 10.8 Å². The van der Waals surface area contributed by atoms with Gasteiger partial charge in [0.2, 0.25) is 0 Å². The smallest absolute Gasteiger partial charge is 0.181 e. The second kappa shape index (κ2) is 7.43. The lowest BCUT2D eigenvalue weighted by atomic mass is 10.3. The summed E-state index contributed by atoms with van der Waals surface area (Å²) in [5.74, 6) is 0.693. The summed E-state index contributed by atoms with van der Waals surface area (Å²) in [6.07, 6.45) is 3.82. The number of halogens is 2. The number of benzene rings is 2. The minimum absolute atomic E-state index is 0.693. The molecule has 0 aliphatic carbocycles. The van der Waals surface area contributed by atoms with Gasteiger partial charge in [-0.1, -0.05) is 37.9 Å². The summed E-state index contributed by atoms with van der Waals surface area (Å²) in [4.78, 5) is 9.42. The van der Waals surface area contributed by atoms with Crippen LogP contribution in [0.1, 0.15) is 0 Å². The molecule has 4 nitrogen and oxygen atoms in total. The third kappa shape index (κ3) is 3.71. The number of aromatic nitrogens is 2. The van der Waals surface area contributed by atoms with Gasteiger partial charge in [0.25, 0.3) is 0 Å². The van der Waals surface area contributed by atoms with Crippen molar-refractivity contribution in [3.05, 3.63) is 93.6 Å². The summed E-state index contributed by atoms with van der Waals surface area (Å²) < 4.78 is 4.08. The number of nitrogens with one attached hydrogen (secondary N) is 1. The molecule has 0 fully saturated rings. The van der Waals surface area contributed by atoms with Gasteiger partial charge in [-0.05, 0) is 60.7 Å². The molecule has 2 heterocycles. The van der Waals surface area contributed by atoms with Crippen LogP contribution in [0.15, 0.2) is 93.1 Å². The van der Waals surface area contributed by atoms with Gasteiger partial charge in [0.1, 0.15) is 0 Å². The number of hydrogen-bond donors (Lipinski definition) is 1. The summed E-state index contributed by atoms with van der Waals surface area (Å²) >= 11 is 6.92. The standard InChI is InChI=1S/C20H14Br2N4/c21-14-4-8-16(9-5-14)24-19-20(25-17-10-6-15(22)7-11-17)26-12-2-1-3-18(26)13-23-19/h1-13H,(H,23,24). The van der Waals surface area contributed by atoms with E-state index < -0.39 is 0 Å². The second-order valence-corrected chi connectivity index (χ2v) is 7.48.